The van der Waals surface area contributed by atoms with Crippen molar-refractivity contribution in [1.82, 2.24) is 5.32 Å². The first-order valence-electron chi connectivity index (χ1n) is 6.97. The van der Waals surface area contributed by atoms with Crippen LogP contribution in [0.25, 0.3) is 6.08 Å². The lowest BCUT2D eigenvalue weighted by Gasteiger charge is -2.16. The third-order valence-corrected chi connectivity index (χ3v) is 3.26. The highest BCUT2D eigenvalue weighted by Gasteiger charge is 2.11. The van der Waals surface area contributed by atoms with Crippen molar-refractivity contribution < 1.29 is 13.9 Å². The Kier molecular flexibility index (Phi) is 5.31. The molecule has 0 heterocycles. The third kappa shape index (κ3) is 4.19. The van der Waals surface area contributed by atoms with Crippen LogP contribution in [-0.4, -0.2) is 13.0 Å². The molecule has 2 aromatic carbocycles. The van der Waals surface area contributed by atoms with Gasteiger partial charge in [-0.05, 0) is 36.8 Å². The van der Waals surface area contributed by atoms with E-state index >= 15 is 0 Å². The van der Waals surface area contributed by atoms with E-state index in [0.717, 1.165) is 16.9 Å². The summed E-state index contributed by atoms with van der Waals surface area (Å²) >= 11 is 0. The number of methoxy groups -OCH3 is 1. The molecule has 0 saturated heterocycles. The van der Waals surface area contributed by atoms with Crippen molar-refractivity contribution in [2.45, 2.75) is 13.0 Å². The van der Waals surface area contributed by atoms with E-state index in [1.807, 2.05) is 31.2 Å². The summed E-state index contributed by atoms with van der Waals surface area (Å²) in [6.45, 7) is 1.89. The highest BCUT2D eigenvalue weighted by Crippen LogP contribution is 2.24. The topological polar surface area (TPSA) is 38.3 Å². The van der Waals surface area contributed by atoms with Crippen molar-refractivity contribution in [3.63, 3.8) is 0 Å². The van der Waals surface area contributed by atoms with Gasteiger partial charge in [0.2, 0.25) is 5.91 Å². The molecule has 1 amide bonds. The largest absolute Gasteiger partial charge is 0.496 e. The van der Waals surface area contributed by atoms with Gasteiger partial charge in [-0.2, -0.15) is 0 Å². The zero-order chi connectivity index (χ0) is 15.9. The van der Waals surface area contributed by atoms with Gasteiger partial charge in [0.15, 0.2) is 0 Å². The predicted molar refractivity (Wildman–Crippen MR) is 85.0 cm³/mol. The van der Waals surface area contributed by atoms with Crippen molar-refractivity contribution in [2.75, 3.05) is 7.11 Å². The molecule has 114 valence electrons. The number of ether oxygens (including phenoxy) is 1. The first-order valence-corrected chi connectivity index (χ1v) is 6.97. The molecule has 3 nitrogen and oxygen atoms in total. The van der Waals surface area contributed by atoms with Gasteiger partial charge in [0.05, 0.1) is 13.2 Å². The van der Waals surface area contributed by atoms with E-state index in [-0.39, 0.29) is 17.8 Å². The minimum atomic E-state index is -0.300. The van der Waals surface area contributed by atoms with E-state index in [2.05, 4.69) is 5.32 Å². The molecule has 0 saturated carbocycles. The fraction of sp³-hybridized carbons (Fsp3) is 0.167. The van der Waals surface area contributed by atoms with Crippen LogP contribution >= 0.6 is 0 Å². The highest BCUT2D eigenvalue weighted by molar-refractivity contribution is 5.92. The number of hydrogen-bond acceptors (Lipinski definition) is 2. The highest BCUT2D eigenvalue weighted by atomic mass is 19.1. The summed E-state index contributed by atoms with van der Waals surface area (Å²) in [7, 11) is 1.60. The molecule has 0 aromatic heterocycles. The maximum atomic E-state index is 12.8. The number of halogens is 1. The van der Waals surface area contributed by atoms with Crippen LogP contribution in [0.4, 0.5) is 4.39 Å². The standard InChI is InChI=1S/C18H18FNO2/c1-13(16-5-3-4-6-17(16)22-2)20-18(21)12-9-14-7-10-15(19)11-8-14/h3-13H,1-2H3,(H,20,21)/b12-9+. The van der Waals surface area contributed by atoms with Crippen LogP contribution in [0.1, 0.15) is 24.1 Å². The molecule has 1 atom stereocenters. The van der Waals surface area contributed by atoms with Gasteiger partial charge in [0.25, 0.3) is 0 Å². The van der Waals surface area contributed by atoms with E-state index in [1.54, 1.807) is 25.3 Å². The summed E-state index contributed by atoms with van der Waals surface area (Å²) in [6.07, 6.45) is 3.07. The minimum Gasteiger partial charge on any atom is -0.496 e. The second-order valence-corrected chi connectivity index (χ2v) is 4.86. The van der Waals surface area contributed by atoms with Crippen molar-refractivity contribution in [2.24, 2.45) is 0 Å². The summed E-state index contributed by atoms with van der Waals surface area (Å²) in [4.78, 5) is 12.0. The summed E-state index contributed by atoms with van der Waals surface area (Å²) in [6, 6.07) is 13.3. The number of nitrogens with one attached hydrogen (secondary N) is 1. The number of para-hydroxylation sites is 1. The van der Waals surface area contributed by atoms with Crippen LogP contribution in [-0.2, 0) is 4.79 Å². The smallest absolute Gasteiger partial charge is 0.244 e. The molecule has 1 N–H and O–H groups in total. The Balaban J connectivity index is 2.00. The maximum absolute atomic E-state index is 12.8. The second kappa shape index (κ2) is 7.41. The molecule has 0 spiro atoms. The van der Waals surface area contributed by atoms with Crippen LogP contribution in [0.15, 0.2) is 54.6 Å². The zero-order valence-electron chi connectivity index (χ0n) is 12.5. The molecule has 2 rings (SSSR count). The van der Waals surface area contributed by atoms with Crippen LogP contribution in [0, 0.1) is 5.82 Å². The number of rotatable bonds is 5. The predicted octanol–water partition coefficient (Wildman–Crippen LogP) is 3.72. The van der Waals surface area contributed by atoms with Crippen molar-refractivity contribution >= 4 is 12.0 Å². The summed E-state index contributed by atoms with van der Waals surface area (Å²) in [5.41, 5.74) is 1.68. The summed E-state index contributed by atoms with van der Waals surface area (Å²) < 4.78 is 18.1. The van der Waals surface area contributed by atoms with Gasteiger partial charge in [-0.1, -0.05) is 30.3 Å². The Morgan fingerprint density at radius 1 is 1.18 bits per heavy atom. The molecule has 0 fully saturated rings. The van der Waals surface area contributed by atoms with Crippen LogP contribution in [0.3, 0.4) is 0 Å². The molecular formula is C18H18FNO2. The van der Waals surface area contributed by atoms with E-state index in [9.17, 15) is 9.18 Å². The van der Waals surface area contributed by atoms with Gasteiger partial charge in [0.1, 0.15) is 11.6 Å². The maximum Gasteiger partial charge on any atom is 0.244 e. The van der Waals surface area contributed by atoms with Gasteiger partial charge in [0, 0.05) is 11.6 Å². The van der Waals surface area contributed by atoms with Crippen molar-refractivity contribution in [3.8, 4) is 5.75 Å². The summed E-state index contributed by atoms with van der Waals surface area (Å²) in [5, 5.41) is 2.87. The monoisotopic (exact) mass is 299 g/mol. The third-order valence-electron chi connectivity index (χ3n) is 3.26. The number of hydrogen-bond donors (Lipinski definition) is 1. The van der Waals surface area contributed by atoms with Crippen LogP contribution in [0.5, 0.6) is 5.75 Å². The lowest BCUT2D eigenvalue weighted by molar-refractivity contribution is -0.117. The first-order chi connectivity index (χ1) is 10.6. The molecule has 0 radical (unpaired) electrons. The Morgan fingerprint density at radius 2 is 1.86 bits per heavy atom. The minimum absolute atomic E-state index is 0.179. The first kappa shape index (κ1) is 15.8. The van der Waals surface area contributed by atoms with Crippen molar-refractivity contribution in [3.05, 3.63) is 71.6 Å². The molecular weight excluding hydrogens is 281 g/mol. The van der Waals surface area contributed by atoms with Crippen LogP contribution in [0.2, 0.25) is 0 Å². The lowest BCUT2D eigenvalue weighted by Crippen LogP contribution is -2.24. The SMILES string of the molecule is COc1ccccc1C(C)NC(=O)/C=C/c1ccc(F)cc1. The average molecular weight is 299 g/mol. The molecule has 22 heavy (non-hydrogen) atoms. The van der Waals surface area contributed by atoms with Gasteiger partial charge < -0.3 is 10.1 Å². The van der Waals surface area contributed by atoms with E-state index < -0.39 is 0 Å². The van der Waals surface area contributed by atoms with Crippen molar-refractivity contribution in [1.29, 1.82) is 0 Å². The Bertz CT molecular complexity index is 665. The number of amides is 1. The molecule has 1 unspecified atom stereocenters. The normalized spacial score (nSPS) is 12.1. The van der Waals surface area contributed by atoms with E-state index in [0.29, 0.717) is 0 Å². The Labute approximate surface area is 129 Å². The Morgan fingerprint density at radius 3 is 2.55 bits per heavy atom. The number of benzene rings is 2. The molecule has 0 aliphatic heterocycles. The number of carbonyl (C=O) groups is 1. The lowest BCUT2D eigenvalue weighted by atomic mass is 10.1. The van der Waals surface area contributed by atoms with E-state index in [1.165, 1.54) is 18.2 Å². The molecule has 0 bridgehead atoms. The molecule has 4 heteroatoms. The number of carbonyl (C=O) groups excluding carboxylic acids is 1. The fourth-order valence-corrected chi connectivity index (χ4v) is 2.11. The molecule has 0 aliphatic carbocycles. The average Bonchev–Trinajstić information content (AvgIpc) is 2.54. The summed E-state index contributed by atoms with van der Waals surface area (Å²) in [5.74, 6) is 0.215. The van der Waals surface area contributed by atoms with E-state index in [4.69, 9.17) is 4.74 Å². The van der Waals surface area contributed by atoms with Crippen LogP contribution < -0.4 is 10.1 Å². The van der Waals surface area contributed by atoms with Gasteiger partial charge in [-0.3, -0.25) is 4.79 Å². The fourth-order valence-electron chi connectivity index (χ4n) is 2.11. The molecule has 0 aliphatic rings. The zero-order valence-corrected chi connectivity index (χ0v) is 12.5. The van der Waals surface area contributed by atoms with Gasteiger partial charge in [-0.15, -0.1) is 0 Å². The quantitative estimate of drug-likeness (QED) is 0.854. The van der Waals surface area contributed by atoms with Gasteiger partial charge in [-0.25, -0.2) is 4.39 Å². The van der Waals surface area contributed by atoms with Gasteiger partial charge >= 0.3 is 0 Å². The second-order valence-electron chi connectivity index (χ2n) is 4.86. The molecule has 2 aromatic rings. The Hall–Kier alpha value is -2.62.